The number of rotatable bonds is 7. The molecule has 0 spiro atoms. The topological polar surface area (TPSA) is 51.4 Å². The van der Waals surface area contributed by atoms with Crippen LogP contribution in [0, 0.1) is 5.92 Å². The van der Waals surface area contributed by atoms with Crippen LogP contribution in [-0.4, -0.2) is 43.2 Å². The maximum absolute atomic E-state index is 5.85. The van der Waals surface area contributed by atoms with E-state index in [-0.39, 0.29) is 0 Å². The van der Waals surface area contributed by atoms with Crippen LogP contribution in [0.4, 0.5) is 0 Å². The van der Waals surface area contributed by atoms with Gasteiger partial charge in [0.25, 0.3) is 0 Å². The summed E-state index contributed by atoms with van der Waals surface area (Å²) in [4.78, 5) is 6.39. The number of pyridine rings is 1. The van der Waals surface area contributed by atoms with E-state index in [0.29, 0.717) is 18.5 Å². The fourth-order valence-corrected chi connectivity index (χ4v) is 2.12. The van der Waals surface area contributed by atoms with Crippen LogP contribution in [0.15, 0.2) is 24.5 Å². The second kappa shape index (κ2) is 7.37. The van der Waals surface area contributed by atoms with Crippen molar-refractivity contribution in [2.45, 2.75) is 19.5 Å². The fourth-order valence-electron chi connectivity index (χ4n) is 2.12. The summed E-state index contributed by atoms with van der Waals surface area (Å²) in [6.07, 6.45) is 3.68. The lowest BCUT2D eigenvalue weighted by atomic mass is 10.0. The number of hydrogen-bond donors (Lipinski definition) is 1. The van der Waals surface area contributed by atoms with Crippen LogP contribution in [0.1, 0.15) is 12.5 Å². The standard InChI is InChI=1S/C13H23N3O/c1-11(10-17-3)13(7-14)16(2)9-12-5-4-6-15-8-12/h4-6,8,11,13H,7,9-10,14H2,1-3H3. The third-order valence-electron chi connectivity index (χ3n) is 3.05. The Hall–Kier alpha value is -0.970. The molecule has 1 aromatic heterocycles. The van der Waals surface area contributed by atoms with Crippen molar-refractivity contribution in [1.29, 1.82) is 0 Å². The first kappa shape index (κ1) is 14.1. The Morgan fingerprint density at radius 3 is 2.82 bits per heavy atom. The summed E-state index contributed by atoms with van der Waals surface area (Å²) >= 11 is 0. The van der Waals surface area contributed by atoms with Gasteiger partial charge in [0.05, 0.1) is 6.61 Å². The van der Waals surface area contributed by atoms with Crippen molar-refractivity contribution in [3.63, 3.8) is 0 Å². The third-order valence-corrected chi connectivity index (χ3v) is 3.05. The minimum atomic E-state index is 0.329. The Morgan fingerprint density at radius 2 is 2.29 bits per heavy atom. The average molecular weight is 237 g/mol. The van der Waals surface area contributed by atoms with E-state index in [0.717, 1.165) is 13.2 Å². The van der Waals surface area contributed by atoms with Gasteiger partial charge in [0.1, 0.15) is 0 Å². The molecular weight excluding hydrogens is 214 g/mol. The Bertz CT molecular complexity index is 305. The van der Waals surface area contributed by atoms with Crippen molar-refractivity contribution in [3.8, 4) is 0 Å². The molecule has 17 heavy (non-hydrogen) atoms. The van der Waals surface area contributed by atoms with Crippen molar-refractivity contribution in [1.82, 2.24) is 9.88 Å². The molecule has 1 heterocycles. The molecule has 2 N–H and O–H groups in total. The van der Waals surface area contributed by atoms with Crippen LogP contribution in [-0.2, 0) is 11.3 Å². The Balaban J connectivity index is 2.57. The lowest BCUT2D eigenvalue weighted by Crippen LogP contribution is -2.43. The Kier molecular flexibility index (Phi) is 6.11. The highest BCUT2D eigenvalue weighted by molar-refractivity contribution is 5.08. The van der Waals surface area contributed by atoms with E-state index in [1.54, 1.807) is 13.3 Å². The first-order chi connectivity index (χ1) is 8.19. The maximum atomic E-state index is 5.85. The van der Waals surface area contributed by atoms with Gasteiger partial charge in [-0.25, -0.2) is 0 Å². The summed E-state index contributed by atoms with van der Waals surface area (Å²) in [6.45, 7) is 4.41. The smallest absolute Gasteiger partial charge is 0.0503 e. The highest BCUT2D eigenvalue weighted by atomic mass is 16.5. The van der Waals surface area contributed by atoms with Gasteiger partial charge in [-0.3, -0.25) is 9.88 Å². The molecular formula is C13H23N3O. The molecule has 1 aromatic rings. The van der Waals surface area contributed by atoms with Gasteiger partial charge < -0.3 is 10.5 Å². The van der Waals surface area contributed by atoms with Crippen molar-refractivity contribution in [2.75, 3.05) is 27.3 Å². The van der Waals surface area contributed by atoms with Gasteiger partial charge in [-0.2, -0.15) is 0 Å². The number of hydrogen-bond acceptors (Lipinski definition) is 4. The number of aromatic nitrogens is 1. The number of ether oxygens (including phenoxy) is 1. The van der Waals surface area contributed by atoms with Gasteiger partial charge in [-0.1, -0.05) is 13.0 Å². The van der Waals surface area contributed by atoms with Crippen LogP contribution < -0.4 is 5.73 Å². The molecule has 0 saturated carbocycles. The largest absolute Gasteiger partial charge is 0.384 e. The van der Waals surface area contributed by atoms with E-state index in [1.165, 1.54) is 5.56 Å². The summed E-state index contributed by atoms with van der Waals surface area (Å²) in [5.41, 5.74) is 7.05. The molecule has 0 aromatic carbocycles. The van der Waals surface area contributed by atoms with Gasteiger partial charge >= 0.3 is 0 Å². The maximum Gasteiger partial charge on any atom is 0.0503 e. The number of likely N-dealkylation sites (N-methyl/N-ethyl adjacent to an activating group) is 1. The number of methoxy groups -OCH3 is 1. The van der Waals surface area contributed by atoms with Crippen LogP contribution in [0.25, 0.3) is 0 Å². The summed E-state index contributed by atoms with van der Waals surface area (Å²) < 4.78 is 5.19. The SMILES string of the molecule is COCC(C)C(CN)N(C)Cc1cccnc1. The second-order valence-electron chi connectivity index (χ2n) is 4.51. The molecule has 0 aliphatic heterocycles. The van der Waals surface area contributed by atoms with Crippen molar-refractivity contribution in [3.05, 3.63) is 30.1 Å². The van der Waals surface area contributed by atoms with Gasteiger partial charge in [0, 0.05) is 38.6 Å². The molecule has 0 radical (unpaired) electrons. The minimum absolute atomic E-state index is 0.329. The number of nitrogens with two attached hydrogens (primary N) is 1. The monoisotopic (exact) mass is 237 g/mol. The highest BCUT2D eigenvalue weighted by Crippen LogP contribution is 2.12. The summed E-state index contributed by atoms with van der Waals surface area (Å²) in [5, 5.41) is 0. The first-order valence-electron chi connectivity index (χ1n) is 5.97. The van der Waals surface area contributed by atoms with E-state index >= 15 is 0 Å². The van der Waals surface area contributed by atoms with Gasteiger partial charge in [-0.15, -0.1) is 0 Å². The molecule has 0 bridgehead atoms. The Labute approximate surface area is 104 Å². The molecule has 2 unspecified atom stereocenters. The molecule has 4 nitrogen and oxygen atoms in total. The first-order valence-corrected chi connectivity index (χ1v) is 5.97. The third kappa shape index (κ3) is 4.42. The van der Waals surface area contributed by atoms with Gasteiger partial charge in [-0.05, 0) is 24.6 Å². The predicted octanol–water partition coefficient (Wildman–Crippen LogP) is 1.12. The Morgan fingerprint density at radius 1 is 1.53 bits per heavy atom. The second-order valence-corrected chi connectivity index (χ2v) is 4.51. The normalized spacial score (nSPS) is 14.9. The zero-order valence-electron chi connectivity index (χ0n) is 11.0. The van der Waals surface area contributed by atoms with Crippen LogP contribution >= 0.6 is 0 Å². The van der Waals surface area contributed by atoms with E-state index in [4.69, 9.17) is 10.5 Å². The highest BCUT2D eigenvalue weighted by Gasteiger charge is 2.20. The number of nitrogens with zero attached hydrogens (tertiary/aromatic N) is 2. The molecule has 96 valence electrons. The summed E-state index contributed by atoms with van der Waals surface area (Å²) in [7, 11) is 3.82. The summed E-state index contributed by atoms with van der Waals surface area (Å²) in [5.74, 6) is 0.423. The van der Waals surface area contributed by atoms with E-state index < -0.39 is 0 Å². The van der Waals surface area contributed by atoms with Crippen molar-refractivity contribution >= 4 is 0 Å². The molecule has 2 atom stereocenters. The predicted molar refractivity (Wildman–Crippen MR) is 69.6 cm³/mol. The van der Waals surface area contributed by atoms with Gasteiger partial charge in [0.2, 0.25) is 0 Å². The fraction of sp³-hybridized carbons (Fsp3) is 0.615. The quantitative estimate of drug-likeness (QED) is 0.772. The van der Waals surface area contributed by atoms with Crippen LogP contribution in [0.2, 0.25) is 0 Å². The molecule has 0 fully saturated rings. The molecule has 4 heteroatoms. The van der Waals surface area contributed by atoms with Crippen molar-refractivity contribution < 1.29 is 4.74 Å². The molecule has 0 aliphatic rings. The molecule has 1 rings (SSSR count). The van der Waals surface area contributed by atoms with E-state index in [1.807, 2.05) is 12.3 Å². The van der Waals surface area contributed by atoms with E-state index in [9.17, 15) is 0 Å². The molecule has 0 aliphatic carbocycles. The molecule has 0 saturated heterocycles. The zero-order chi connectivity index (χ0) is 12.7. The summed E-state index contributed by atoms with van der Waals surface area (Å²) in [6, 6.07) is 4.37. The lowest BCUT2D eigenvalue weighted by molar-refractivity contribution is 0.0952. The van der Waals surface area contributed by atoms with Crippen molar-refractivity contribution in [2.24, 2.45) is 11.7 Å². The lowest BCUT2D eigenvalue weighted by Gasteiger charge is -2.31. The zero-order valence-corrected chi connectivity index (χ0v) is 11.0. The molecule has 0 amide bonds. The van der Waals surface area contributed by atoms with E-state index in [2.05, 4.69) is 29.9 Å². The van der Waals surface area contributed by atoms with Gasteiger partial charge in [0.15, 0.2) is 0 Å². The minimum Gasteiger partial charge on any atom is -0.384 e. The average Bonchev–Trinajstić information content (AvgIpc) is 2.31. The van der Waals surface area contributed by atoms with Crippen LogP contribution in [0.5, 0.6) is 0 Å². The van der Waals surface area contributed by atoms with Crippen LogP contribution in [0.3, 0.4) is 0 Å².